The van der Waals surface area contributed by atoms with E-state index in [-0.39, 0.29) is 18.1 Å². The smallest absolute Gasteiger partial charge is 0.244 e. The first-order valence-electron chi connectivity index (χ1n) is 7.07. The lowest BCUT2D eigenvalue weighted by Gasteiger charge is -2.21. The minimum absolute atomic E-state index is 0.144. The number of halogens is 3. The van der Waals surface area contributed by atoms with Gasteiger partial charge in [0.15, 0.2) is 0 Å². The molecular weight excluding hydrogens is 382 g/mol. The number of rotatable bonds is 4. The SMILES string of the molecule is CC(=O)N(CC(=O)Nc1ccc(F)cc1F)c1ccc(C)c(Br)c1. The number of nitrogens with zero attached hydrogens (tertiary/aromatic N) is 1. The van der Waals surface area contributed by atoms with E-state index in [2.05, 4.69) is 21.2 Å². The van der Waals surface area contributed by atoms with Crippen LogP contribution in [0.15, 0.2) is 40.9 Å². The first-order valence-corrected chi connectivity index (χ1v) is 7.86. The molecule has 2 amide bonds. The van der Waals surface area contributed by atoms with Crippen molar-refractivity contribution in [3.05, 3.63) is 58.1 Å². The number of carbonyl (C=O) groups excluding carboxylic acids is 2. The molecule has 0 aliphatic heterocycles. The van der Waals surface area contributed by atoms with E-state index in [9.17, 15) is 18.4 Å². The number of hydrogen-bond acceptors (Lipinski definition) is 2. The summed E-state index contributed by atoms with van der Waals surface area (Å²) in [6, 6.07) is 8.10. The molecule has 126 valence electrons. The summed E-state index contributed by atoms with van der Waals surface area (Å²) in [6.07, 6.45) is 0. The molecule has 2 rings (SSSR count). The Bertz CT molecular complexity index is 796. The maximum Gasteiger partial charge on any atom is 0.244 e. The number of benzene rings is 2. The topological polar surface area (TPSA) is 49.4 Å². The minimum Gasteiger partial charge on any atom is -0.322 e. The largest absolute Gasteiger partial charge is 0.322 e. The quantitative estimate of drug-likeness (QED) is 0.847. The number of aryl methyl sites for hydroxylation is 1. The second kappa shape index (κ2) is 7.53. The molecule has 0 saturated carbocycles. The average Bonchev–Trinajstić information content (AvgIpc) is 2.50. The van der Waals surface area contributed by atoms with Gasteiger partial charge in [0.2, 0.25) is 11.8 Å². The lowest BCUT2D eigenvalue weighted by Crippen LogP contribution is -2.36. The van der Waals surface area contributed by atoms with Gasteiger partial charge < -0.3 is 10.2 Å². The van der Waals surface area contributed by atoms with Crippen molar-refractivity contribution in [2.24, 2.45) is 0 Å². The van der Waals surface area contributed by atoms with Crippen LogP contribution in [0.25, 0.3) is 0 Å². The number of nitrogens with one attached hydrogen (secondary N) is 1. The van der Waals surface area contributed by atoms with Crippen molar-refractivity contribution in [1.29, 1.82) is 0 Å². The molecule has 0 aromatic heterocycles. The second-order valence-electron chi connectivity index (χ2n) is 5.21. The minimum atomic E-state index is -0.879. The van der Waals surface area contributed by atoms with Gasteiger partial charge in [0, 0.05) is 23.2 Å². The molecule has 7 heteroatoms. The van der Waals surface area contributed by atoms with Crippen molar-refractivity contribution in [2.45, 2.75) is 13.8 Å². The van der Waals surface area contributed by atoms with Crippen LogP contribution in [-0.2, 0) is 9.59 Å². The van der Waals surface area contributed by atoms with Crippen LogP contribution in [0.2, 0.25) is 0 Å². The summed E-state index contributed by atoms with van der Waals surface area (Å²) in [5.74, 6) is -2.54. The zero-order valence-electron chi connectivity index (χ0n) is 13.1. The van der Waals surface area contributed by atoms with E-state index in [0.717, 1.165) is 22.2 Å². The van der Waals surface area contributed by atoms with Crippen molar-refractivity contribution >= 4 is 39.1 Å². The van der Waals surface area contributed by atoms with E-state index < -0.39 is 17.5 Å². The summed E-state index contributed by atoms with van der Waals surface area (Å²) in [5, 5.41) is 2.33. The average molecular weight is 397 g/mol. The molecule has 0 saturated heterocycles. The Hall–Kier alpha value is -2.28. The van der Waals surface area contributed by atoms with Gasteiger partial charge in [0.25, 0.3) is 0 Å². The lowest BCUT2D eigenvalue weighted by atomic mass is 10.2. The molecule has 0 atom stereocenters. The van der Waals surface area contributed by atoms with Crippen molar-refractivity contribution < 1.29 is 18.4 Å². The van der Waals surface area contributed by atoms with Gasteiger partial charge in [0.05, 0.1) is 5.69 Å². The van der Waals surface area contributed by atoms with Crippen LogP contribution in [0.3, 0.4) is 0 Å². The Kier molecular flexibility index (Phi) is 5.66. The molecule has 0 bridgehead atoms. The van der Waals surface area contributed by atoms with E-state index in [1.807, 2.05) is 13.0 Å². The Morgan fingerprint density at radius 1 is 1.17 bits per heavy atom. The summed E-state index contributed by atoms with van der Waals surface area (Å²) in [7, 11) is 0. The van der Waals surface area contributed by atoms with Crippen molar-refractivity contribution in [3.8, 4) is 0 Å². The molecule has 0 heterocycles. The van der Waals surface area contributed by atoms with Gasteiger partial charge in [-0.25, -0.2) is 8.78 Å². The first kappa shape index (κ1) is 18.1. The Labute approximate surface area is 146 Å². The summed E-state index contributed by atoms with van der Waals surface area (Å²) in [5.41, 5.74) is 1.38. The summed E-state index contributed by atoms with van der Waals surface area (Å²) in [4.78, 5) is 25.2. The lowest BCUT2D eigenvalue weighted by molar-refractivity contribution is -0.120. The van der Waals surface area contributed by atoms with Gasteiger partial charge in [-0.2, -0.15) is 0 Å². The number of amides is 2. The Morgan fingerprint density at radius 3 is 2.46 bits per heavy atom. The molecule has 24 heavy (non-hydrogen) atoms. The van der Waals surface area contributed by atoms with Crippen LogP contribution in [0.5, 0.6) is 0 Å². The van der Waals surface area contributed by atoms with Crippen LogP contribution in [0.1, 0.15) is 12.5 Å². The third kappa shape index (κ3) is 4.38. The fourth-order valence-corrected chi connectivity index (χ4v) is 2.42. The molecule has 0 aliphatic carbocycles. The van der Waals surface area contributed by atoms with Crippen LogP contribution in [0, 0.1) is 18.6 Å². The summed E-state index contributed by atoms with van der Waals surface area (Å²) in [6.45, 7) is 2.94. The Balaban J connectivity index is 2.16. The molecular formula is C17H15BrF2N2O2. The zero-order valence-corrected chi connectivity index (χ0v) is 14.7. The number of carbonyl (C=O) groups is 2. The molecule has 1 N–H and O–H groups in total. The fourth-order valence-electron chi connectivity index (χ4n) is 2.06. The molecule has 2 aromatic rings. The van der Waals surface area contributed by atoms with Gasteiger partial charge >= 0.3 is 0 Å². The predicted molar refractivity (Wildman–Crippen MR) is 91.9 cm³/mol. The van der Waals surface area contributed by atoms with Gasteiger partial charge in [-0.1, -0.05) is 22.0 Å². The second-order valence-corrected chi connectivity index (χ2v) is 6.07. The third-order valence-electron chi connectivity index (χ3n) is 3.35. The number of anilines is 2. The fraction of sp³-hybridized carbons (Fsp3) is 0.176. The monoisotopic (exact) mass is 396 g/mol. The highest BCUT2D eigenvalue weighted by molar-refractivity contribution is 9.10. The molecule has 2 aromatic carbocycles. The van der Waals surface area contributed by atoms with Gasteiger partial charge in [-0.05, 0) is 36.8 Å². The molecule has 0 radical (unpaired) electrons. The van der Waals surface area contributed by atoms with E-state index in [1.165, 1.54) is 11.8 Å². The van der Waals surface area contributed by atoms with E-state index in [1.54, 1.807) is 12.1 Å². The highest BCUT2D eigenvalue weighted by Gasteiger charge is 2.17. The van der Waals surface area contributed by atoms with Crippen molar-refractivity contribution in [3.63, 3.8) is 0 Å². The van der Waals surface area contributed by atoms with Crippen LogP contribution < -0.4 is 10.2 Å². The van der Waals surface area contributed by atoms with Crippen molar-refractivity contribution in [2.75, 3.05) is 16.8 Å². The molecule has 0 aliphatic rings. The van der Waals surface area contributed by atoms with E-state index in [0.29, 0.717) is 11.8 Å². The first-order chi connectivity index (χ1) is 11.3. The highest BCUT2D eigenvalue weighted by atomic mass is 79.9. The molecule has 4 nitrogen and oxygen atoms in total. The molecule has 0 spiro atoms. The van der Waals surface area contributed by atoms with Crippen molar-refractivity contribution in [1.82, 2.24) is 0 Å². The molecule has 0 unspecified atom stereocenters. The van der Waals surface area contributed by atoms with E-state index >= 15 is 0 Å². The predicted octanol–water partition coefficient (Wildman–Crippen LogP) is 4.03. The molecule has 0 fully saturated rings. The van der Waals surface area contributed by atoms with Crippen LogP contribution in [0.4, 0.5) is 20.2 Å². The maximum absolute atomic E-state index is 13.6. The van der Waals surface area contributed by atoms with Crippen LogP contribution in [-0.4, -0.2) is 18.4 Å². The number of hydrogen-bond donors (Lipinski definition) is 1. The summed E-state index contributed by atoms with van der Waals surface area (Å²) >= 11 is 3.38. The van der Waals surface area contributed by atoms with Gasteiger partial charge in [0.1, 0.15) is 18.2 Å². The summed E-state index contributed by atoms with van der Waals surface area (Å²) < 4.78 is 27.3. The Morgan fingerprint density at radius 2 is 1.88 bits per heavy atom. The van der Waals surface area contributed by atoms with Gasteiger partial charge in [-0.3, -0.25) is 9.59 Å². The maximum atomic E-state index is 13.6. The third-order valence-corrected chi connectivity index (χ3v) is 4.21. The normalized spacial score (nSPS) is 10.4. The van der Waals surface area contributed by atoms with Gasteiger partial charge in [-0.15, -0.1) is 0 Å². The van der Waals surface area contributed by atoms with Crippen LogP contribution >= 0.6 is 15.9 Å². The standard InChI is InChI=1S/C17H15BrF2N2O2/c1-10-3-5-13(8-14(10)18)22(11(2)23)9-17(24)21-16-6-4-12(19)7-15(16)20/h3-8H,9H2,1-2H3,(H,21,24). The zero-order chi connectivity index (χ0) is 17.9. The highest BCUT2D eigenvalue weighted by Crippen LogP contribution is 2.24. The van der Waals surface area contributed by atoms with E-state index in [4.69, 9.17) is 0 Å².